The molecule has 3 rings (SSSR count). The second kappa shape index (κ2) is 5.78. The van der Waals surface area contributed by atoms with Gasteiger partial charge in [-0.1, -0.05) is 0 Å². The predicted octanol–water partition coefficient (Wildman–Crippen LogP) is 2.18. The lowest BCUT2D eigenvalue weighted by Gasteiger charge is -2.37. The van der Waals surface area contributed by atoms with Gasteiger partial charge in [0, 0.05) is 18.5 Å². The van der Waals surface area contributed by atoms with Crippen molar-refractivity contribution in [2.75, 3.05) is 13.7 Å². The van der Waals surface area contributed by atoms with Crippen molar-refractivity contribution in [2.24, 2.45) is 0 Å². The van der Waals surface area contributed by atoms with Crippen molar-refractivity contribution in [3.63, 3.8) is 0 Å². The first-order valence-corrected chi connectivity index (χ1v) is 7.81. The van der Waals surface area contributed by atoms with E-state index in [2.05, 4.69) is 0 Å². The molecule has 126 valence electrons. The van der Waals surface area contributed by atoms with E-state index in [0.717, 1.165) is 12.7 Å². The summed E-state index contributed by atoms with van der Waals surface area (Å²) in [7, 11) is 1.30. The number of nitrogens with zero attached hydrogens (tertiary/aromatic N) is 1. The van der Waals surface area contributed by atoms with Gasteiger partial charge in [-0.15, -0.1) is 0 Å². The number of hydrogen-bond acceptors (Lipinski definition) is 5. The van der Waals surface area contributed by atoms with Gasteiger partial charge >= 0.3 is 5.97 Å². The van der Waals surface area contributed by atoms with Crippen molar-refractivity contribution in [2.45, 2.75) is 32.3 Å². The summed E-state index contributed by atoms with van der Waals surface area (Å²) >= 11 is 0. The maximum atomic E-state index is 12.3. The van der Waals surface area contributed by atoms with Gasteiger partial charge in [-0.3, -0.25) is 9.59 Å². The first kappa shape index (κ1) is 16.2. The number of methoxy groups -OCH3 is 1. The number of likely N-dealkylation sites (tertiary alicyclic amines) is 1. The predicted molar refractivity (Wildman–Crippen MR) is 86.4 cm³/mol. The first-order valence-electron chi connectivity index (χ1n) is 7.81. The minimum Gasteiger partial charge on any atom is -0.482 e. The summed E-state index contributed by atoms with van der Waals surface area (Å²) < 4.78 is 10.7. The topological polar surface area (TPSA) is 72.9 Å². The van der Waals surface area contributed by atoms with Crippen LogP contribution in [0.2, 0.25) is 0 Å². The fraction of sp³-hybridized carbons (Fsp3) is 0.389. The number of esters is 1. The molecule has 2 heterocycles. The minimum atomic E-state index is -0.861. The van der Waals surface area contributed by atoms with Gasteiger partial charge in [0.2, 0.25) is 5.91 Å². The highest BCUT2D eigenvalue weighted by Crippen LogP contribution is 2.43. The van der Waals surface area contributed by atoms with Gasteiger partial charge in [0.25, 0.3) is 0 Å². The largest absolute Gasteiger partial charge is 0.482 e. The van der Waals surface area contributed by atoms with E-state index < -0.39 is 11.6 Å². The summed E-state index contributed by atoms with van der Waals surface area (Å²) in [5.41, 5.74) is 0.972. The van der Waals surface area contributed by atoms with E-state index >= 15 is 0 Å². The number of carbonyl (C=O) groups excluding carboxylic acids is 3. The molecule has 0 aliphatic carbocycles. The molecule has 1 aromatic rings. The number of amides is 1. The summed E-state index contributed by atoms with van der Waals surface area (Å²) in [5, 5.41) is 0. The Bertz CT molecular complexity index is 763. The molecule has 2 aliphatic rings. The Morgan fingerprint density at radius 3 is 2.71 bits per heavy atom. The zero-order chi connectivity index (χ0) is 17.5. The van der Waals surface area contributed by atoms with Gasteiger partial charge < -0.3 is 14.4 Å². The number of ether oxygens (including phenoxy) is 2. The number of benzene rings is 1. The second-order valence-electron chi connectivity index (χ2n) is 6.34. The molecule has 0 bridgehead atoms. The van der Waals surface area contributed by atoms with Crippen molar-refractivity contribution < 1.29 is 23.9 Å². The van der Waals surface area contributed by atoms with E-state index in [0.29, 0.717) is 41.1 Å². The summed E-state index contributed by atoms with van der Waals surface area (Å²) in [5.74, 6) is 0.0202. The summed E-state index contributed by atoms with van der Waals surface area (Å²) in [6.45, 7) is 4.12. The Morgan fingerprint density at radius 1 is 1.38 bits per heavy atom. The second-order valence-corrected chi connectivity index (χ2v) is 6.34. The highest BCUT2D eigenvalue weighted by molar-refractivity contribution is 6.00. The van der Waals surface area contributed by atoms with Crippen LogP contribution < -0.4 is 4.74 Å². The van der Waals surface area contributed by atoms with E-state index in [9.17, 15) is 14.4 Å². The van der Waals surface area contributed by atoms with Gasteiger partial charge in [-0.2, -0.15) is 0 Å². The SMILES string of the molecule is COC(=O)c1ccc2c(c1)C(N1CCCC1=O)=C(C=O)C(C)(C)O2. The van der Waals surface area contributed by atoms with Crippen molar-refractivity contribution in [3.05, 3.63) is 34.9 Å². The van der Waals surface area contributed by atoms with Crippen LogP contribution in [0.25, 0.3) is 5.70 Å². The lowest BCUT2D eigenvalue weighted by Crippen LogP contribution is -2.39. The lowest BCUT2D eigenvalue weighted by atomic mass is 9.89. The highest BCUT2D eigenvalue weighted by atomic mass is 16.5. The molecule has 1 aromatic carbocycles. The zero-order valence-electron chi connectivity index (χ0n) is 13.9. The smallest absolute Gasteiger partial charge is 0.337 e. The number of rotatable bonds is 3. The maximum Gasteiger partial charge on any atom is 0.337 e. The van der Waals surface area contributed by atoms with Crippen LogP contribution in [0, 0.1) is 0 Å². The molecule has 0 unspecified atom stereocenters. The van der Waals surface area contributed by atoms with E-state index in [1.807, 2.05) is 0 Å². The minimum absolute atomic E-state index is 0.0310. The third-order valence-corrected chi connectivity index (χ3v) is 4.39. The van der Waals surface area contributed by atoms with Crippen LogP contribution in [0.15, 0.2) is 23.8 Å². The fourth-order valence-electron chi connectivity index (χ4n) is 3.18. The van der Waals surface area contributed by atoms with Crippen LogP contribution in [0.1, 0.15) is 42.6 Å². The Balaban J connectivity index is 2.24. The van der Waals surface area contributed by atoms with E-state index in [1.54, 1.807) is 36.9 Å². The third-order valence-electron chi connectivity index (χ3n) is 4.39. The molecule has 0 spiro atoms. The fourth-order valence-corrected chi connectivity index (χ4v) is 3.18. The molecule has 0 radical (unpaired) electrons. The lowest BCUT2D eigenvalue weighted by molar-refractivity contribution is -0.125. The number of fused-ring (bicyclic) bond motifs is 1. The molecule has 1 amide bonds. The highest BCUT2D eigenvalue weighted by Gasteiger charge is 2.39. The van der Waals surface area contributed by atoms with E-state index in [1.165, 1.54) is 7.11 Å². The Kier molecular flexibility index (Phi) is 3.91. The van der Waals surface area contributed by atoms with Gasteiger partial charge in [-0.25, -0.2) is 4.79 Å². The van der Waals surface area contributed by atoms with E-state index in [4.69, 9.17) is 9.47 Å². The molecular weight excluding hydrogens is 310 g/mol. The van der Waals surface area contributed by atoms with Crippen molar-refractivity contribution in [3.8, 4) is 5.75 Å². The summed E-state index contributed by atoms with van der Waals surface area (Å²) in [4.78, 5) is 37.5. The van der Waals surface area contributed by atoms with Crippen LogP contribution in [-0.2, 0) is 14.3 Å². The van der Waals surface area contributed by atoms with Crippen LogP contribution >= 0.6 is 0 Å². The van der Waals surface area contributed by atoms with Crippen LogP contribution in [0.5, 0.6) is 5.75 Å². The molecule has 0 atom stereocenters. The standard InChI is InChI=1S/C18H19NO5/c1-18(2)13(10-20)16(19-8-4-5-15(19)21)12-9-11(17(22)23-3)6-7-14(12)24-18/h6-7,9-10H,4-5,8H2,1-3H3. The van der Waals surface area contributed by atoms with Crippen molar-refractivity contribution in [1.29, 1.82) is 0 Å². The molecular formula is C18H19NO5. The van der Waals surface area contributed by atoms with Crippen molar-refractivity contribution >= 4 is 23.9 Å². The van der Waals surface area contributed by atoms with Crippen LogP contribution in [0.3, 0.4) is 0 Å². The molecule has 0 N–H and O–H groups in total. The first-order chi connectivity index (χ1) is 11.4. The van der Waals surface area contributed by atoms with Crippen LogP contribution in [-0.4, -0.2) is 42.3 Å². The molecule has 6 heteroatoms. The quantitative estimate of drug-likeness (QED) is 0.628. The molecule has 0 saturated carbocycles. The zero-order valence-corrected chi connectivity index (χ0v) is 13.9. The number of carbonyl (C=O) groups is 3. The molecule has 2 aliphatic heterocycles. The third kappa shape index (κ3) is 2.48. The summed E-state index contributed by atoms with van der Waals surface area (Å²) in [6.07, 6.45) is 1.92. The van der Waals surface area contributed by atoms with Gasteiger partial charge in [0.1, 0.15) is 11.4 Å². The van der Waals surface area contributed by atoms with Crippen LogP contribution in [0.4, 0.5) is 0 Å². The average molecular weight is 329 g/mol. The Labute approximate surface area is 140 Å². The molecule has 6 nitrogen and oxygen atoms in total. The maximum absolute atomic E-state index is 12.3. The Hall–Kier alpha value is -2.63. The summed E-state index contributed by atoms with van der Waals surface area (Å²) in [6, 6.07) is 4.89. The average Bonchev–Trinajstić information content (AvgIpc) is 2.97. The van der Waals surface area contributed by atoms with Gasteiger partial charge in [0.15, 0.2) is 6.29 Å². The number of hydrogen-bond donors (Lipinski definition) is 0. The molecule has 1 saturated heterocycles. The molecule has 24 heavy (non-hydrogen) atoms. The van der Waals surface area contributed by atoms with Gasteiger partial charge in [0.05, 0.1) is 23.9 Å². The monoisotopic (exact) mass is 329 g/mol. The molecule has 0 aromatic heterocycles. The van der Waals surface area contributed by atoms with Gasteiger partial charge in [-0.05, 0) is 38.5 Å². The van der Waals surface area contributed by atoms with Crippen molar-refractivity contribution in [1.82, 2.24) is 4.90 Å². The normalized spacial score (nSPS) is 19.0. The molecule has 1 fully saturated rings. The van der Waals surface area contributed by atoms with E-state index in [-0.39, 0.29) is 5.91 Å². The Morgan fingerprint density at radius 2 is 2.12 bits per heavy atom. The number of aldehydes is 1.